The van der Waals surface area contributed by atoms with E-state index < -0.39 is 0 Å². The molecule has 1 aromatic rings. The van der Waals surface area contributed by atoms with E-state index in [1.807, 2.05) is 5.57 Å². The molecule has 7 rings (SSSR count). The molecule has 0 radical (unpaired) electrons. The number of nitrogens with zero attached hydrogens (tertiary/aromatic N) is 1. The standard InChI is InChI=1S/C25H33N/c1-2-5-17(6-3-1)16-26-23-7-4-8-24(26)15-22(14-23)25-20-10-18-9-19(12-20)13-21(25)11-18/h1-3,5-6,14,18-21,23-25H,4,7-13,15-16H2. The third-order valence-corrected chi connectivity index (χ3v) is 8.67. The minimum Gasteiger partial charge on any atom is -0.289 e. The van der Waals surface area contributed by atoms with Crippen LogP contribution in [0.5, 0.6) is 0 Å². The third kappa shape index (κ3) is 2.61. The van der Waals surface area contributed by atoms with Crippen molar-refractivity contribution in [2.24, 2.45) is 29.6 Å². The normalized spacial score (nSPS) is 44.2. The van der Waals surface area contributed by atoms with E-state index in [9.17, 15) is 0 Å². The predicted molar refractivity (Wildman–Crippen MR) is 107 cm³/mol. The molecule has 6 aliphatic rings. The number of rotatable bonds is 3. The summed E-state index contributed by atoms with van der Waals surface area (Å²) in [6.45, 7) is 1.15. The van der Waals surface area contributed by atoms with Crippen LogP contribution in [0.25, 0.3) is 0 Å². The van der Waals surface area contributed by atoms with E-state index in [4.69, 9.17) is 0 Å². The van der Waals surface area contributed by atoms with Crippen LogP contribution in [0, 0.1) is 29.6 Å². The van der Waals surface area contributed by atoms with Crippen molar-refractivity contribution in [3.63, 3.8) is 0 Å². The molecular weight excluding hydrogens is 314 g/mol. The molecule has 4 saturated carbocycles. The zero-order valence-electron chi connectivity index (χ0n) is 16.0. The molecule has 1 heteroatoms. The number of fused-ring (bicyclic) bond motifs is 2. The molecule has 1 nitrogen and oxygen atoms in total. The molecule has 0 spiro atoms. The van der Waals surface area contributed by atoms with Crippen LogP contribution < -0.4 is 0 Å². The highest BCUT2D eigenvalue weighted by atomic mass is 15.2. The summed E-state index contributed by atoms with van der Waals surface area (Å²) in [5.41, 5.74) is 3.41. The fourth-order valence-corrected chi connectivity index (χ4v) is 7.97. The lowest BCUT2D eigenvalue weighted by Gasteiger charge is -2.57. The lowest BCUT2D eigenvalue weighted by Crippen LogP contribution is -2.51. The Labute approximate surface area is 158 Å². The van der Waals surface area contributed by atoms with Gasteiger partial charge in [0.05, 0.1) is 0 Å². The minimum absolute atomic E-state index is 0.717. The van der Waals surface area contributed by atoms with Crippen molar-refractivity contribution in [1.29, 1.82) is 0 Å². The highest BCUT2D eigenvalue weighted by molar-refractivity contribution is 5.24. The third-order valence-electron chi connectivity index (χ3n) is 8.67. The first kappa shape index (κ1) is 15.9. The Hall–Kier alpha value is -1.08. The van der Waals surface area contributed by atoms with Crippen LogP contribution in [0.4, 0.5) is 0 Å². The van der Waals surface area contributed by atoms with Crippen molar-refractivity contribution in [2.75, 3.05) is 0 Å². The number of piperidine rings is 1. The molecule has 26 heavy (non-hydrogen) atoms. The fraction of sp³-hybridized carbons (Fsp3) is 0.680. The van der Waals surface area contributed by atoms with Crippen molar-refractivity contribution >= 4 is 0 Å². The minimum atomic E-state index is 0.717. The summed E-state index contributed by atoms with van der Waals surface area (Å²) in [7, 11) is 0. The van der Waals surface area contributed by atoms with E-state index in [0.717, 1.165) is 48.2 Å². The lowest BCUT2D eigenvalue weighted by molar-refractivity contribution is -0.0273. The van der Waals surface area contributed by atoms with E-state index in [-0.39, 0.29) is 0 Å². The van der Waals surface area contributed by atoms with Crippen LogP contribution in [0.3, 0.4) is 0 Å². The van der Waals surface area contributed by atoms with E-state index in [0.29, 0.717) is 0 Å². The van der Waals surface area contributed by atoms with Crippen LogP contribution in [0.1, 0.15) is 63.4 Å². The van der Waals surface area contributed by atoms with E-state index in [1.54, 1.807) is 32.1 Å². The zero-order valence-corrected chi connectivity index (χ0v) is 16.0. The van der Waals surface area contributed by atoms with Crippen LogP contribution in [-0.4, -0.2) is 17.0 Å². The first-order valence-corrected chi connectivity index (χ1v) is 11.3. The fourth-order valence-electron chi connectivity index (χ4n) is 7.97. The van der Waals surface area contributed by atoms with E-state index in [2.05, 4.69) is 41.3 Å². The van der Waals surface area contributed by atoms with Gasteiger partial charge in [-0.1, -0.05) is 48.4 Å². The molecule has 2 atom stereocenters. The number of benzene rings is 1. The van der Waals surface area contributed by atoms with Gasteiger partial charge in [0.1, 0.15) is 0 Å². The quantitative estimate of drug-likeness (QED) is 0.623. The average Bonchev–Trinajstić information content (AvgIpc) is 2.62. The summed E-state index contributed by atoms with van der Waals surface area (Å²) < 4.78 is 0. The van der Waals surface area contributed by atoms with Gasteiger partial charge >= 0.3 is 0 Å². The van der Waals surface area contributed by atoms with Gasteiger partial charge < -0.3 is 0 Å². The number of hydrogen-bond acceptors (Lipinski definition) is 1. The second-order valence-electron chi connectivity index (χ2n) is 10.2. The maximum atomic E-state index is 2.85. The number of hydrogen-bond donors (Lipinski definition) is 0. The van der Waals surface area contributed by atoms with Crippen molar-refractivity contribution in [3.05, 3.63) is 47.5 Å². The van der Waals surface area contributed by atoms with Gasteiger partial charge in [0.25, 0.3) is 0 Å². The Morgan fingerprint density at radius 1 is 0.846 bits per heavy atom. The van der Waals surface area contributed by atoms with E-state index >= 15 is 0 Å². The second-order valence-corrected chi connectivity index (χ2v) is 10.2. The average molecular weight is 348 g/mol. The summed E-state index contributed by atoms with van der Waals surface area (Å²) >= 11 is 0. The Balaban J connectivity index is 1.26. The monoisotopic (exact) mass is 347 g/mol. The molecule has 5 fully saturated rings. The Kier molecular flexibility index (Phi) is 3.81. The van der Waals surface area contributed by atoms with Gasteiger partial charge in [-0.25, -0.2) is 0 Å². The molecule has 2 aliphatic heterocycles. The molecule has 0 N–H and O–H groups in total. The topological polar surface area (TPSA) is 3.24 Å². The second kappa shape index (κ2) is 6.23. The molecule has 0 aromatic heterocycles. The SMILES string of the molecule is C1=C(C2C3CC4CC(C3)CC2C4)CC2CCCC1N2Cc1ccccc1. The van der Waals surface area contributed by atoms with Crippen molar-refractivity contribution in [2.45, 2.75) is 76.4 Å². The zero-order chi connectivity index (χ0) is 17.1. The molecule has 1 saturated heterocycles. The molecule has 4 aliphatic carbocycles. The molecular formula is C25H33N. The summed E-state index contributed by atoms with van der Waals surface area (Å²) in [6.07, 6.45) is 16.3. The van der Waals surface area contributed by atoms with Crippen LogP contribution in [0.15, 0.2) is 42.0 Å². The largest absolute Gasteiger partial charge is 0.289 e. The smallest absolute Gasteiger partial charge is 0.0287 e. The molecule has 0 amide bonds. The van der Waals surface area contributed by atoms with Gasteiger partial charge in [0.15, 0.2) is 0 Å². The van der Waals surface area contributed by atoms with Gasteiger partial charge in [0, 0.05) is 18.6 Å². The Morgan fingerprint density at radius 2 is 1.58 bits per heavy atom. The highest BCUT2D eigenvalue weighted by Crippen LogP contribution is 2.59. The Bertz CT molecular complexity index is 661. The summed E-state index contributed by atoms with van der Waals surface area (Å²) in [5, 5.41) is 0. The van der Waals surface area contributed by atoms with Crippen molar-refractivity contribution in [3.8, 4) is 0 Å². The van der Waals surface area contributed by atoms with Crippen LogP contribution in [-0.2, 0) is 6.54 Å². The Morgan fingerprint density at radius 3 is 2.27 bits per heavy atom. The molecule has 138 valence electrons. The van der Waals surface area contributed by atoms with Gasteiger partial charge in [-0.3, -0.25) is 4.90 Å². The summed E-state index contributed by atoms with van der Waals surface area (Å²) in [5.74, 6) is 5.29. The van der Waals surface area contributed by atoms with Crippen LogP contribution in [0.2, 0.25) is 0 Å². The highest BCUT2D eigenvalue weighted by Gasteiger charge is 2.50. The van der Waals surface area contributed by atoms with Gasteiger partial charge in [-0.2, -0.15) is 0 Å². The molecule has 2 unspecified atom stereocenters. The first-order chi connectivity index (χ1) is 12.8. The predicted octanol–water partition coefficient (Wildman–Crippen LogP) is 5.81. The summed E-state index contributed by atoms with van der Waals surface area (Å²) in [4.78, 5) is 2.85. The maximum Gasteiger partial charge on any atom is 0.0287 e. The van der Waals surface area contributed by atoms with Crippen molar-refractivity contribution in [1.82, 2.24) is 4.90 Å². The van der Waals surface area contributed by atoms with E-state index in [1.165, 1.54) is 31.2 Å². The van der Waals surface area contributed by atoms with Gasteiger partial charge in [-0.15, -0.1) is 0 Å². The van der Waals surface area contributed by atoms with Crippen molar-refractivity contribution < 1.29 is 0 Å². The van der Waals surface area contributed by atoms with Crippen LogP contribution >= 0.6 is 0 Å². The summed E-state index contributed by atoms with van der Waals surface area (Å²) in [6, 6.07) is 12.7. The lowest BCUT2D eigenvalue weighted by atomic mass is 9.50. The molecule has 2 heterocycles. The molecule has 6 bridgehead atoms. The van der Waals surface area contributed by atoms with Gasteiger partial charge in [0.2, 0.25) is 0 Å². The van der Waals surface area contributed by atoms with Gasteiger partial charge in [-0.05, 0) is 86.5 Å². The molecule has 1 aromatic carbocycles. The first-order valence-electron chi connectivity index (χ1n) is 11.3. The maximum absolute atomic E-state index is 2.85.